The van der Waals surface area contributed by atoms with Gasteiger partial charge in [-0.1, -0.05) is 24.3 Å². The Morgan fingerprint density at radius 3 is 2.25 bits per heavy atom. The molecular formula is C17H15NO5S. The summed E-state index contributed by atoms with van der Waals surface area (Å²) in [7, 11) is -1.28. The zero-order valence-corrected chi connectivity index (χ0v) is 13.9. The Labute approximate surface area is 139 Å². The minimum atomic E-state index is -3.95. The van der Waals surface area contributed by atoms with Crippen LogP contribution in [0.25, 0.3) is 0 Å². The first-order chi connectivity index (χ1) is 11.5. The van der Waals surface area contributed by atoms with Crippen molar-refractivity contribution in [2.75, 3.05) is 19.1 Å². The molecule has 7 heteroatoms. The molecule has 24 heavy (non-hydrogen) atoms. The Kier molecular flexibility index (Phi) is 4.02. The number of hydrogen-bond acceptors (Lipinski definition) is 6. The largest absolute Gasteiger partial charge is 0.495 e. The summed E-state index contributed by atoms with van der Waals surface area (Å²) in [6.07, 6.45) is 1.27. The van der Waals surface area contributed by atoms with Crippen LogP contribution in [-0.4, -0.2) is 28.6 Å². The summed E-state index contributed by atoms with van der Waals surface area (Å²) in [6, 6.07) is 13.6. The minimum absolute atomic E-state index is 0.0406. The molecule has 0 aromatic heterocycles. The normalized spacial score (nSPS) is 15.2. The lowest BCUT2D eigenvalue weighted by Gasteiger charge is -2.29. The van der Waals surface area contributed by atoms with Gasteiger partial charge in [0.1, 0.15) is 5.75 Å². The van der Waals surface area contributed by atoms with Crippen molar-refractivity contribution in [1.29, 1.82) is 0 Å². The molecule has 0 spiro atoms. The van der Waals surface area contributed by atoms with Gasteiger partial charge >= 0.3 is 5.97 Å². The monoisotopic (exact) mass is 345 g/mol. The number of sulfone groups is 1. The van der Waals surface area contributed by atoms with E-state index in [0.717, 1.165) is 7.11 Å². The molecule has 0 saturated carbocycles. The molecule has 0 unspecified atom stereocenters. The number of carbonyl (C=O) groups is 1. The summed E-state index contributed by atoms with van der Waals surface area (Å²) in [4.78, 5) is 13.2. The van der Waals surface area contributed by atoms with Crippen molar-refractivity contribution in [3.8, 4) is 5.75 Å². The van der Waals surface area contributed by atoms with E-state index >= 15 is 0 Å². The maximum atomic E-state index is 12.7. The quantitative estimate of drug-likeness (QED) is 0.796. The number of esters is 1. The third-order valence-corrected chi connectivity index (χ3v) is 5.46. The molecule has 1 aliphatic heterocycles. The first-order valence-corrected chi connectivity index (χ1v) is 8.55. The molecule has 0 amide bonds. The molecule has 0 aliphatic carbocycles. The summed E-state index contributed by atoms with van der Waals surface area (Å²) in [5.41, 5.74) is 1.05. The van der Waals surface area contributed by atoms with Gasteiger partial charge in [0.25, 0.3) is 0 Å². The van der Waals surface area contributed by atoms with E-state index < -0.39 is 20.7 Å². The van der Waals surface area contributed by atoms with Crippen molar-refractivity contribution < 1.29 is 22.7 Å². The number of nitrogens with zero attached hydrogens (tertiary/aromatic N) is 1. The number of carbonyl (C=O) groups excluding carboxylic acids is 1. The Morgan fingerprint density at radius 2 is 1.58 bits per heavy atom. The molecule has 0 radical (unpaired) electrons. The second-order valence-corrected chi connectivity index (χ2v) is 6.88. The molecule has 0 fully saturated rings. The number of anilines is 2. The summed E-state index contributed by atoms with van der Waals surface area (Å²) in [6.45, 7) is 0. The molecule has 0 N–H and O–H groups in total. The van der Waals surface area contributed by atoms with Gasteiger partial charge in [0, 0.05) is 6.20 Å². The lowest BCUT2D eigenvalue weighted by Crippen LogP contribution is -2.26. The van der Waals surface area contributed by atoms with Crippen LogP contribution in [0.15, 0.2) is 64.5 Å². The first kappa shape index (κ1) is 16.1. The van der Waals surface area contributed by atoms with Crippen molar-refractivity contribution in [1.82, 2.24) is 0 Å². The predicted molar refractivity (Wildman–Crippen MR) is 88.9 cm³/mol. The average molecular weight is 345 g/mol. The van der Waals surface area contributed by atoms with Gasteiger partial charge in [0.05, 0.1) is 30.5 Å². The van der Waals surface area contributed by atoms with Crippen molar-refractivity contribution in [3.63, 3.8) is 0 Å². The summed E-state index contributed by atoms with van der Waals surface area (Å²) in [5, 5.41) is 0. The Hall–Kier alpha value is -2.80. The Bertz CT molecular complexity index is 934. The van der Waals surface area contributed by atoms with E-state index in [9.17, 15) is 13.2 Å². The van der Waals surface area contributed by atoms with Crippen molar-refractivity contribution in [2.45, 2.75) is 4.90 Å². The maximum Gasteiger partial charge on any atom is 0.351 e. The number of fused-ring (bicyclic) bond motifs is 1. The molecule has 2 aromatic rings. The molecule has 0 saturated heterocycles. The maximum absolute atomic E-state index is 12.7. The van der Waals surface area contributed by atoms with Crippen molar-refractivity contribution >= 4 is 27.2 Å². The van der Waals surface area contributed by atoms with E-state index in [0.29, 0.717) is 17.1 Å². The lowest BCUT2D eigenvalue weighted by atomic mass is 10.2. The van der Waals surface area contributed by atoms with Crippen LogP contribution in [-0.2, 0) is 19.4 Å². The number of methoxy groups -OCH3 is 2. The number of ether oxygens (including phenoxy) is 2. The Balaban J connectivity index is 2.30. The highest BCUT2D eigenvalue weighted by Crippen LogP contribution is 2.42. The van der Waals surface area contributed by atoms with Gasteiger partial charge in [-0.05, 0) is 24.3 Å². The van der Waals surface area contributed by atoms with Gasteiger partial charge in [-0.25, -0.2) is 13.2 Å². The van der Waals surface area contributed by atoms with Gasteiger partial charge < -0.3 is 14.4 Å². The van der Waals surface area contributed by atoms with E-state index in [-0.39, 0.29) is 4.90 Å². The highest BCUT2D eigenvalue weighted by Gasteiger charge is 2.36. The van der Waals surface area contributed by atoms with Gasteiger partial charge in [-0.15, -0.1) is 0 Å². The van der Waals surface area contributed by atoms with E-state index in [2.05, 4.69) is 4.74 Å². The molecule has 1 aliphatic rings. The van der Waals surface area contributed by atoms with Crippen LogP contribution >= 0.6 is 0 Å². The van der Waals surface area contributed by atoms with Crippen molar-refractivity contribution in [2.24, 2.45) is 0 Å². The number of hydrogen-bond donors (Lipinski definition) is 0. The predicted octanol–water partition coefficient (Wildman–Crippen LogP) is 2.64. The zero-order chi connectivity index (χ0) is 17.3. The summed E-state index contributed by atoms with van der Waals surface area (Å²) < 4.78 is 35.4. The lowest BCUT2D eigenvalue weighted by molar-refractivity contribution is -0.135. The molecule has 0 atom stereocenters. The van der Waals surface area contributed by atoms with Crippen LogP contribution < -0.4 is 9.64 Å². The topological polar surface area (TPSA) is 72.9 Å². The van der Waals surface area contributed by atoms with Gasteiger partial charge in [0.2, 0.25) is 9.84 Å². The van der Waals surface area contributed by atoms with E-state index in [1.165, 1.54) is 19.4 Å². The average Bonchev–Trinajstić information content (AvgIpc) is 2.61. The van der Waals surface area contributed by atoms with Crippen LogP contribution in [0.5, 0.6) is 5.75 Å². The highest BCUT2D eigenvalue weighted by molar-refractivity contribution is 7.96. The zero-order valence-electron chi connectivity index (χ0n) is 13.1. The molecular weight excluding hydrogens is 330 g/mol. The number of para-hydroxylation sites is 3. The van der Waals surface area contributed by atoms with Crippen LogP contribution in [0, 0.1) is 0 Å². The minimum Gasteiger partial charge on any atom is -0.495 e. The molecule has 3 rings (SSSR count). The second-order valence-electron chi connectivity index (χ2n) is 5.00. The summed E-state index contributed by atoms with van der Waals surface area (Å²) >= 11 is 0. The van der Waals surface area contributed by atoms with Crippen LogP contribution in [0.2, 0.25) is 0 Å². The fourth-order valence-electron chi connectivity index (χ4n) is 2.55. The van der Waals surface area contributed by atoms with Crippen LogP contribution in [0.1, 0.15) is 0 Å². The third-order valence-electron chi connectivity index (χ3n) is 3.68. The fourth-order valence-corrected chi connectivity index (χ4v) is 4.03. The second kappa shape index (κ2) is 6.01. The van der Waals surface area contributed by atoms with Gasteiger partial charge in [0.15, 0.2) is 4.91 Å². The molecule has 2 aromatic carbocycles. The van der Waals surface area contributed by atoms with Gasteiger partial charge in [-0.3, -0.25) is 0 Å². The molecule has 0 bridgehead atoms. The van der Waals surface area contributed by atoms with Crippen molar-refractivity contribution in [3.05, 3.63) is 59.6 Å². The van der Waals surface area contributed by atoms with E-state index in [4.69, 9.17) is 4.74 Å². The standard InChI is InChI=1S/C17H15NO5S/c1-22-14-9-5-3-7-12(14)18-11-16(17(19)23-2)24(20,21)15-10-6-4-8-13(15)18/h3-11H,1-2H3. The van der Waals surface area contributed by atoms with E-state index in [1.54, 1.807) is 47.4 Å². The smallest absolute Gasteiger partial charge is 0.351 e. The third kappa shape index (κ3) is 2.43. The summed E-state index contributed by atoms with van der Waals surface area (Å²) in [5.74, 6) is -0.364. The molecule has 6 nitrogen and oxygen atoms in total. The van der Waals surface area contributed by atoms with Crippen LogP contribution in [0.3, 0.4) is 0 Å². The SMILES string of the molecule is COC(=O)C1=CN(c2ccccc2OC)c2ccccc2S1(=O)=O. The van der Waals surface area contributed by atoms with Crippen LogP contribution in [0.4, 0.5) is 11.4 Å². The highest BCUT2D eigenvalue weighted by atomic mass is 32.2. The number of rotatable bonds is 3. The Morgan fingerprint density at radius 1 is 0.958 bits per heavy atom. The first-order valence-electron chi connectivity index (χ1n) is 7.07. The van der Waals surface area contributed by atoms with Gasteiger partial charge in [-0.2, -0.15) is 0 Å². The molecule has 1 heterocycles. The molecule has 124 valence electrons. The van der Waals surface area contributed by atoms with E-state index in [1.807, 2.05) is 0 Å². The fraction of sp³-hybridized carbons (Fsp3) is 0.118. The number of benzene rings is 2.